The molecule has 5 rings (SSSR count). The fourth-order valence-corrected chi connectivity index (χ4v) is 10.0. The maximum atomic E-state index is 12.5. The van der Waals surface area contributed by atoms with Gasteiger partial charge in [-0.25, -0.2) is 0 Å². The van der Waals surface area contributed by atoms with E-state index >= 15 is 0 Å². The van der Waals surface area contributed by atoms with Gasteiger partial charge in [-0.05, 0) is 66.8 Å². The van der Waals surface area contributed by atoms with Crippen molar-refractivity contribution in [3.05, 3.63) is 0 Å². The second-order valence-corrected chi connectivity index (χ2v) is 17.3. The molecule has 0 amide bonds. The fraction of sp³-hybridized carbons (Fsp3) is 0.974. The fourth-order valence-electron chi connectivity index (χ4n) is 10.0. The van der Waals surface area contributed by atoms with Crippen molar-refractivity contribution >= 4 is 0 Å². The molecular formula is C38H66N2O12. The minimum atomic E-state index is -2.20. The van der Waals surface area contributed by atoms with Crippen LogP contribution in [0.2, 0.25) is 0 Å². The Hall–Kier alpha value is -1.03. The van der Waals surface area contributed by atoms with Crippen molar-refractivity contribution in [2.24, 2.45) is 23.7 Å². The zero-order valence-corrected chi connectivity index (χ0v) is 33.2. The number of rotatable bonds is 8. The predicted molar refractivity (Wildman–Crippen MR) is 187 cm³/mol. The topological polar surface area (TPSA) is 182 Å². The monoisotopic (exact) mass is 742 g/mol. The van der Waals surface area contributed by atoms with Gasteiger partial charge in [0.1, 0.15) is 17.8 Å². The largest absolute Gasteiger partial charge is 0.387 e. The minimum Gasteiger partial charge on any atom is -0.387 e. The first-order chi connectivity index (χ1) is 24.2. The van der Waals surface area contributed by atoms with Crippen LogP contribution >= 0.6 is 0 Å². The van der Waals surface area contributed by atoms with E-state index in [0.717, 1.165) is 0 Å². The van der Waals surface area contributed by atoms with Gasteiger partial charge in [-0.1, -0.05) is 34.6 Å². The van der Waals surface area contributed by atoms with E-state index in [4.69, 9.17) is 37.9 Å². The van der Waals surface area contributed by atoms with Crippen molar-refractivity contribution in [1.29, 1.82) is 5.26 Å². The lowest BCUT2D eigenvalue weighted by Gasteiger charge is -2.55. The zero-order valence-electron chi connectivity index (χ0n) is 33.2. The van der Waals surface area contributed by atoms with Gasteiger partial charge in [0, 0.05) is 31.4 Å². The second kappa shape index (κ2) is 15.5. The molecule has 20 atom stereocenters. The van der Waals surface area contributed by atoms with E-state index in [-0.39, 0.29) is 30.9 Å². The molecule has 4 N–H and O–H groups in total. The molecule has 5 aliphatic heterocycles. The molecule has 0 saturated carbocycles. The van der Waals surface area contributed by atoms with Crippen molar-refractivity contribution in [3.8, 4) is 6.07 Å². The summed E-state index contributed by atoms with van der Waals surface area (Å²) in [5.74, 6) is -4.08. The Morgan fingerprint density at radius 1 is 0.923 bits per heavy atom. The molecule has 0 spiro atoms. The average molecular weight is 743 g/mol. The molecule has 14 nitrogen and oxygen atoms in total. The highest BCUT2D eigenvalue weighted by atomic mass is 16.8. The van der Waals surface area contributed by atoms with E-state index in [2.05, 4.69) is 13.0 Å². The number of likely N-dealkylation sites (N-methyl/N-ethyl adjacent to an activating group) is 1. The van der Waals surface area contributed by atoms with Gasteiger partial charge >= 0.3 is 0 Å². The summed E-state index contributed by atoms with van der Waals surface area (Å²) >= 11 is 0. The number of ether oxygens (including phenoxy) is 8. The van der Waals surface area contributed by atoms with E-state index in [1.165, 1.54) is 0 Å². The average Bonchev–Trinajstić information content (AvgIpc) is 3.39. The van der Waals surface area contributed by atoms with Crippen LogP contribution in [0.4, 0.5) is 0 Å². The Bertz CT molecular complexity index is 1270. The Kier molecular flexibility index (Phi) is 12.5. The van der Waals surface area contributed by atoms with Crippen LogP contribution in [0.3, 0.4) is 0 Å². The standard InChI is InChI=1S/C38H66N2O12/c1-13-26-37(10,43)33-21(4)29-19(2)17-36(9,51-29)32(49-34-28(41)25(16-20(3)46-34)40(11)15-14-39)22(5)30(23(6)38(44,50-26)52-33)48-27-18-35(8,45-12)31(42)24(7)47-27/h19-34,41-44H,13,15-18H2,1-12H3/t19-,20?,21-,22-,23+,24?,25?,26+,27-,28?,29?,30-,31-,32+,33+,34-,35?,36?,37+,38-/m0/s1. The van der Waals surface area contributed by atoms with Gasteiger partial charge in [0.15, 0.2) is 12.6 Å². The lowest BCUT2D eigenvalue weighted by Crippen LogP contribution is -2.69. The molecule has 5 aliphatic rings. The van der Waals surface area contributed by atoms with Crippen molar-refractivity contribution < 1.29 is 58.3 Å². The molecule has 0 aliphatic carbocycles. The maximum Gasteiger partial charge on any atom is 0.286 e. The number of aliphatic hydroxyl groups excluding tert-OH is 2. The number of nitriles is 1. The summed E-state index contributed by atoms with van der Waals surface area (Å²) in [6.45, 7) is 19.0. The molecule has 5 heterocycles. The molecule has 0 aromatic rings. The molecular weight excluding hydrogens is 676 g/mol. The molecule has 0 aromatic carbocycles. The first-order valence-corrected chi connectivity index (χ1v) is 19.2. The summed E-state index contributed by atoms with van der Waals surface area (Å²) in [4.78, 5) is 1.81. The van der Waals surface area contributed by atoms with Crippen LogP contribution in [0, 0.1) is 35.0 Å². The molecule has 52 heavy (non-hydrogen) atoms. The van der Waals surface area contributed by atoms with Gasteiger partial charge in [-0.2, -0.15) is 5.26 Å². The molecule has 7 unspecified atom stereocenters. The lowest BCUT2D eigenvalue weighted by atomic mass is 9.74. The number of hydrogen-bond acceptors (Lipinski definition) is 14. The first-order valence-electron chi connectivity index (χ1n) is 19.2. The summed E-state index contributed by atoms with van der Waals surface area (Å²) in [6.07, 6.45) is -6.92. The van der Waals surface area contributed by atoms with Crippen LogP contribution in [-0.2, 0) is 37.9 Å². The van der Waals surface area contributed by atoms with E-state index in [9.17, 15) is 25.7 Å². The summed E-state index contributed by atoms with van der Waals surface area (Å²) in [6, 6.07) is 1.77. The minimum absolute atomic E-state index is 0.0120. The molecule has 5 fully saturated rings. The molecule has 5 saturated heterocycles. The third-order valence-corrected chi connectivity index (χ3v) is 13.1. The van der Waals surface area contributed by atoms with Crippen molar-refractivity contribution in [2.75, 3.05) is 20.7 Å². The van der Waals surface area contributed by atoms with Crippen LogP contribution in [0.5, 0.6) is 0 Å². The SMILES string of the molecule is CC[C@H]1O[C@]2(O)O[C@H]([C@@H](C)C3OC(C)(C[C@@H]3C)[C@H](O[C@@H]3OC(C)CC(N(C)CC#N)C3O)[C@@H](C)[C@H](O[C@H]3CC(C)(OC)[C@@H](O)C(C)O3)[C@H]2C)[C@]1(C)O. The van der Waals surface area contributed by atoms with Gasteiger partial charge in [-0.15, -0.1) is 0 Å². The summed E-state index contributed by atoms with van der Waals surface area (Å²) in [5, 5.41) is 56.6. The molecule has 300 valence electrons. The smallest absolute Gasteiger partial charge is 0.286 e. The number of hydrogen-bond donors (Lipinski definition) is 4. The molecule has 0 aromatic heterocycles. The van der Waals surface area contributed by atoms with Crippen LogP contribution < -0.4 is 0 Å². The van der Waals surface area contributed by atoms with E-state index < -0.39 is 102 Å². The van der Waals surface area contributed by atoms with Crippen molar-refractivity contribution in [2.45, 2.75) is 191 Å². The second-order valence-electron chi connectivity index (χ2n) is 17.3. The Balaban J connectivity index is 1.62. The highest BCUT2D eigenvalue weighted by Gasteiger charge is 2.64. The normalized spacial score (nSPS) is 54.4. The maximum absolute atomic E-state index is 12.5. The molecule has 0 radical (unpaired) electrons. The Labute approximate surface area is 309 Å². The molecule has 4 bridgehead atoms. The number of methoxy groups -OCH3 is 1. The highest BCUT2D eigenvalue weighted by molar-refractivity contribution is 5.07. The number of nitrogens with zero attached hydrogens (tertiary/aromatic N) is 2. The predicted octanol–water partition coefficient (Wildman–Crippen LogP) is 2.67. The third-order valence-electron chi connectivity index (χ3n) is 13.1. The first kappa shape index (κ1) is 42.1. The Morgan fingerprint density at radius 2 is 1.60 bits per heavy atom. The van der Waals surface area contributed by atoms with Crippen LogP contribution in [0.25, 0.3) is 0 Å². The van der Waals surface area contributed by atoms with Crippen LogP contribution in [0.15, 0.2) is 0 Å². The van der Waals surface area contributed by atoms with Crippen LogP contribution in [0.1, 0.15) is 94.9 Å². The lowest BCUT2D eigenvalue weighted by molar-refractivity contribution is -0.481. The number of aliphatic hydroxyl groups is 4. The quantitative estimate of drug-likeness (QED) is 0.267. The molecule has 14 heteroatoms. The van der Waals surface area contributed by atoms with Crippen molar-refractivity contribution in [3.63, 3.8) is 0 Å². The van der Waals surface area contributed by atoms with Gasteiger partial charge in [-0.3, -0.25) is 4.90 Å². The van der Waals surface area contributed by atoms with Crippen molar-refractivity contribution in [1.82, 2.24) is 4.90 Å². The summed E-state index contributed by atoms with van der Waals surface area (Å²) < 4.78 is 52.2. The van der Waals surface area contributed by atoms with E-state index in [1.54, 1.807) is 34.9 Å². The Morgan fingerprint density at radius 3 is 2.21 bits per heavy atom. The van der Waals surface area contributed by atoms with Gasteiger partial charge in [0.25, 0.3) is 5.97 Å². The van der Waals surface area contributed by atoms with Gasteiger partial charge in [0.2, 0.25) is 0 Å². The van der Waals surface area contributed by atoms with Gasteiger partial charge < -0.3 is 58.3 Å². The highest BCUT2D eigenvalue weighted by Crippen LogP contribution is 2.52. The van der Waals surface area contributed by atoms with Crippen LogP contribution in [-0.4, -0.2) is 142 Å². The van der Waals surface area contributed by atoms with E-state index in [0.29, 0.717) is 19.3 Å². The zero-order chi connectivity index (χ0) is 38.7. The number of fused-ring (bicyclic) bond motifs is 4. The summed E-state index contributed by atoms with van der Waals surface area (Å²) in [5.41, 5.74) is -3.40. The third kappa shape index (κ3) is 7.57. The van der Waals surface area contributed by atoms with E-state index in [1.807, 2.05) is 46.4 Å². The summed E-state index contributed by atoms with van der Waals surface area (Å²) in [7, 11) is 3.34. The van der Waals surface area contributed by atoms with Gasteiger partial charge in [0.05, 0.1) is 72.5 Å².